The van der Waals surface area contributed by atoms with E-state index in [1.807, 2.05) is 51.1 Å². The minimum atomic E-state index is 0.343. The summed E-state index contributed by atoms with van der Waals surface area (Å²) in [6.45, 7) is 6.48. The Morgan fingerprint density at radius 2 is 1.60 bits per heavy atom. The molecule has 0 N–H and O–H groups in total. The van der Waals surface area contributed by atoms with Crippen LogP contribution in [0.5, 0.6) is 5.75 Å². The van der Waals surface area contributed by atoms with Crippen molar-refractivity contribution in [2.45, 2.75) is 33.6 Å². The van der Waals surface area contributed by atoms with Crippen LogP contribution in [0.25, 0.3) is 0 Å². The first-order valence-electron chi connectivity index (χ1n) is 5.44. The van der Waals surface area contributed by atoms with Crippen LogP contribution >= 0.6 is 0 Å². The van der Waals surface area contributed by atoms with Crippen LogP contribution in [0.1, 0.15) is 33.6 Å². The molecule has 0 aliphatic rings. The van der Waals surface area contributed by atoms with Gasteiger partial charge in [-0.15, -0.1) is 0 Å². The topological polar surface area (TPSA) is 26.3 Å². The van der Waals surface area contributed by atoms with Gasteiger partial charge in [-0.3, -0.25) is 4.79 Å². The monoisotopic (exact) mass is 208 g/mol. The van der Waals surface area contributed by atoms with Gasteiger partial charge in [0.1, 0.15) is 11.5 Å². The highest BCUT2D eigenvalue weighted by molar-refractivity contribution is 5.77. The molecule has 0 aliphatic carbocycles. The average Bonchev–Trinajstić information content (AvgIpc) is 2.31. The molecule has 0 saturated carbocycles. The smallest absolute Gasteiger partial charge is 0.132 e. The minimum Gasteiger partial charge on any atom is -0.494 e. The Balaban J connectivity index is 0.000000288. The Morgan fingerprint density at radius 1 is 1.07 bits per heavy atom. The van der Waals surface area contributed by atoms with Gasteiger partial charge < -0.3 is 4.74 Å². The summed E-state index contributed by atoms with van der Waals surface area (Å²) in [6.07, 6.45) is 1.38. The predicted octanol–water partition coefficient (Wildman–Crippen LogP) is 3.46. The highest BCUT2D eigenvalue weighted by Crippen LogP contribution is 2.06. The third-order valence-electron chi connectivity index (χ3n) is 1.84. The molecule has 0 radical (unpaired) electrons. The number of ketones is 1. The highest BCUT2D eigenvalue weighted by atomic mass is 16.5. The zero-order valence-corrected chi connectivity index (χ0v) is 9.82. The molecular formula is C13H20O2. The lowest BCUT2D eigenvalue weighted by molar-refractivity contribution is -0.118. The fourth-order valence-corrected chi connectivity index (χ4v) is 0.933. The van der Waals surface area contributed by atoms with E-state index in [-0.39, 0.29) is 0 Å². The van der Waals surface area contributed by atoms with E-state index in [0.717, 1.165) is 12.4 Å². The molecule has 0 amide bonds. The van der Waals surface area contributed by atoms with Crippen LogP contribution in [0.3, 0.4) is 0 Å². The summed E-state index contributed by atoms with van der Waals surface area (Å²) in [4.78, 5) is 10.2. The number of hydrogen-bond donors (Lipinski definition) is 0. The van der Waals surface area contributed by atoms with Crippen molar-refractivity contribution in [3.05, 3.63) is 30.3 Å². The van der Waals surface area contributed by atoms with E-state index in [1.165, 1.54) is 0 Å². The summed E-state index contributed by atoms with van der Waals surface area (Å²) in [7, 11) is 0. The third-order valence-corrected chi connectivity index (χ3v) is 1.84. The Morgan fingerprint density at radius 3 is 1.93 bits per heavy atom. The average molecular weight is 208 g/mol. The van der Waals surface area contributed by atoms with Gasteiger partial charge in [0, 0.05) is 12.8 Å². The molecule has 2 nitrogen and oxygen atoms in total. The molecular weight excluding hydrogens is 188 g/mol. The van der Waals surface area contributed by atoms with Crippen molar-refractivity contribution in [3.8, 4) is 5.75 Å². The number of ether oxygens (including phenoxy) is 1. The second-order valence-electron chi connectivity index (χ2n) is 2.99. The normalized spacial score (nSPS) is 8.73. The molecule has 0 aromatic heterocycles. The summed E-state index contributed by atoms with van der Waals surface area (Å²) in [5.41, 5.74) is 0. The SMILES string of the molecule is CCC(=O)CC.CCOc1ccccc1. The number of carbonyl (C=O) groups is 1. The van der Waals surface area contributed by atoms with E-state index >= 15 is 0 Å². The van der Waals surface area contributed by atoms with Crippen LogP contribution in [-0.2, 0) is 4.79 Å². The van der Waals surface area contributed by atoms with Gasteiger partial charge in [0.25, 0.3) is 0 Å². The van der Waals surface area contributed by atoms with Crippen molar-refractivity contribution in [1.82, 2.24) is 0 Å². The maximum Gasteiger partial charge on any atom is 0.132 e. The van der Waals surface area contributed by atoms with Crippen LogP contribution in [0, 0.1) is 0 Å². The quantitative estimate of drug-likeness (QED) is 0.757. The van der Waals surface area contributed by atoms with E-state index in [9.17, 15) is 4.79 Å². The number of rotatable bonds is 4. The van der Waals surface area contributed by atoms with Gasteiger partial charge >= 0.3 is 0 Å². The van der Waals surface area contributed by atoms with Crippen molar-refractivity contribution >= 4 is 5.78 Å². The molecule has 84 valence electrons. The Bertz CT molecular complexity index is 248. The van der Waals surface area contributed by atoms with Crippen LogP contribution < -0.4 is 4.74 Å². The number of benzene rings is 1. The van der Waals surface area contributed by atoms with Gasteiger partial charge in [-0.2, -0.15) is 0 Å². The van der Waals surface area contributed by atoms with Crippen LogP contribution in [0.15, 0.2) is 30.3 Å². The lowest BCUT2D eigenvalue weighted by atomic mass is 10.3. The molecule has 0 unspecified atom stereocenters. The molecule has 0 aliphatic heterocycles. The van der Waals surface area contributed by atoms with Crippen molar-refractivity contribution < 1.29 is 9.53 Å². The maximum atomic E-state index is 10.2. The summed E-state index contributed by atoms with van der Waals surface area (Å²) in [5, 5.41) is 0. The van der Waals surface area contributed by atoms with E-state index in [2.05, 4.69) is 0 Å². The largest absolute Gasteiger partial charge is 0.494 e. The van der Waals surface area contributed by atoms with E-state index in [4.69, 9.17) is 4.74 Å². The molecule has 0 heterocycles. The van der Waals surface area contributed by atoms with E-state index < -0.39 is 0 Å². The number of carbonyl (C=O) groups excluding carboxylic acids is 1. The predicted molar refractivity (Wildman–Crippen MR) is 63.2 cm³/mol. The maximum absolute atomic E-state index is 10.2. The molecule has 0 atom stereocenters. The van der Waals surface area contributed by atoms with Crippen LogP contribution in [0.2, 0.25) is 0 Å². The zero-order chi connectivity index (χ0) is 11.5. The fourth-order valence-electron chi connectivity index (χ4n) is 0.933. The molecule has 0 fully saturated rings. The second kappa shape index (κ2) is 9.25. The van der Waals surface area contributed by atoms with Crippen LogP contribution in [-0.4, -0.2) is 12.4 Å². The highest BCUT2D eigenvalue weighted by Gasteiger charge is 1.86. The molecule has 15 heavy (non-hydrogen) atoms. The Kier molecular flexibility index (Phi) is 8.44. The van der Waals surface area contributed by atoms with Gasteiger partial charge in [-0.05, 0) is 19.1 Å². The Hall–Kier alpha value is -1.31. The molecule has 0 spiro atoms. The first-order valence-corrected chi connectivity index (χ1v) is 5.44. The number of Topliss-reactive ketones (excluding diaryl/α,β-unsaturated/α-hetero) is 1. The van der Waals surface area contributed by atoms with Crippen molar-refractivity contribution in [2.24, 2.45) is 0 Å². The van der Waals surface area contributed by atoms with Gasteiger partial charge in [0.15, 0.2) is 0 Å². The van der Waals surface area contributed by atoms with Crippen molar-refractivity contribution in [3.63, 3.8) is 0 Å². The molecule has 0 bridgehead atoms. The minimum absolute atomic E-state index is 0.343. The number of hydrogen-bond acceptors (Lipinski definition) is 2. The Labute approximate surface area is 92.3 Å². The second-order valence-corrected chi connectivity index (χ2v) is 2.99. The molecule has 1 aromatic carbocycles. The van der Waals surface area contributed by atoms with E-state index in [0.29, 0.717) is 18.6 Å². The first-order chi connectivity index (χ1) is 7.24. The molecule has 1 aromatic rings. The molecule has 1 rings (SSSR count). The first kappa shape index (κ1) is 13.7. The summed E-state index contributed by atoms with van der Waals surface area (Å²) in [6, 6.07) is 9.80. The fraction of sp³-hybridized carbons (Fsp3) is 0.462. The summed E-state index contributed by atoms with van der Waals surface area (Å²) in [5.74, 6) is 1.29. The van der Waals surface area contributed by atoms with Crippen molar-refractivity contribution in [2.75, 3.05) is 6.61 Å². The standard InChI is InChI=1S/C8H10O.C5H10O/c1-2-9-8-6-4-3-5-7-8;1-3-5(6)4-2/h3-7H,2H2,1H3;3-4H2,1-2H3. The van der Waals surface area contributed by atoms with Gasteiger partial charge in [0.05, 0.1) is 6.61 Å². The van der Waals surface area contributed by atoms with Crippen LogP contribution in [0.4, 0.5) is 0 Å². The summed E-state index contributed by atoms with van der Waals surface area (Å²) >= 11 is 0. The lowest BCUT2D eigenvalue weighted by Crippen LogP contribution is -1.89. The zero-order valence-electron chi connectivity index (χ0n) is 9.82. The van der Waals surface area contributed by atoms with Gasteiger partial charge in [-0.1, -0.05) is 32.0 Å². The van der Waals surface area contributed by atoms with Gasteiger partial charge in [0.2, 0.25) is 0 Å². The molecule has 0 saturated heterocycles. The molecule has 2 heteroatoms. The van der Waals surface area contributed by atoms with E-state index in [1.54, 1.807) is 0 Å². The van der Waals surface area contributed by atoms with Crippen molar-refractivity contribution in [1.29, 1.82) is 0 Å². The number of para-hydroxylation sites is 1. The van der Waals surface area contributed by atoms with Gasteiger partial charge in [-0.25, -0.2) is 0 Å². The third kappa shape index (κ3) is 7.74. The lowest BCUT2D eigenvalue weighted by Gasteiger charge is -1.99. The summed E-state index contributed by atoms with van der Waals surface area (Å²) < 4.78 is 5.21.